The Labute approximate surface area is 164 Å². The third-order valence-electron chi connectivity index (χ3n) is 5.18. The van der Waals surface area contributed by atoms with E-state index in [0.717, 1.165) is 13.1 Å². The van der Waals surface area contributed by atoms with Crippen LogP contribution in [0.3, 0.4) is 0 Å². The minimum Gasteiger partial charge on any atom is -0.229 e. The lowest BCUT2D eigenvalue weighted by Crippen LogP contribution is -2.20. The van der Waals surface area contributed by atoms with Gasteiger partial charge in [0.05, 0.1) is 0 Å². The highest BCUT2D eigenvalue weighted by atomic mass is 15.3. The van der Waals surface area contributed by atoms with Crippen LogP contribution in [-0.4, -0.2) is 24.0 Å². The zero-order valence-corrected chi connectivity index (χ0v) is 17.5. The van der Waals surface area contributed by atoms with Gasteiger partial charge >= 0.3 is 0 Å². The van der Waals surface area contributed by atoms with E-state index in [1.165, 1.54) is 44.8 Å². The number of anilines is 1. The van der Waals surface area contributed by atoms with Gasteiger partial charge in [0.15, 0.2) is 0 Å². The second-order valence-corrected chi connectivity index (χ2v) is 7.51. The molecule has 2 nitrogen and oxygen atoms in total. The van der Waals surface area contributed by atoms with Crippen LogP contribution >= 0.6 is 0 Å². The Morgan fingerprint density at radius 3 is 1.74 bits per heavy atom. The van der Waals surface area contributed by atoms with Gasteiger partial charge in [0.1, 0.15) is 24.5 Å². The van der Waals surface area contributed by atoms with Crippen LogP contribution in [-0.2, 0) is 0 Å². The first-order chi connectivity index (χ1) is 12.9. The molecule has 0 saturated carbocycles. The predicted molar refractivity (Wildman–Crippen MR) is 119 cm³/mol. The zero-order chi connectivity index (χ0) is 19.6. The molecule has 1 aliphatic heterocycles. The Bertz CT molecular complexity index is 899. The van der Waals surface area contributed by atoms with Crippen molar-refractivity contribution in [1.82, 2.24) is 0 Å². The minimum atomic E-state index is 1.01. The molecule has 0 saturated heterocycles. The molecule has 0 unspecified atom stereocenters. The fraction of sp³-hybridized carbons (Fsp3) is 0.320. The normalized spacial score (nSPS) is 14.6. The molecule has 27 heavy (non-hydrogen) atoms. The predicted octanol–water partition coefficient (Wildman–Crippen LogP) is 6.18. The lowest BCUT2D eigenvalue weighted by atomic mass is 10.0. The fourth-order valence-electron chi connectivity index (χ4n) is 4.30. The molecule has 0 radical (unpaired) electrons. The summed E-state index contributed by atoms with van der Waals surface area (Å²) >= 11 is 0. The molecule has 2 heteroatoms. The molecule has 2 aromatic rings. The first-order valence-electron chi connectivity index (χ1n) is 9.80. The van der Waals surface area contributed by atoms with E-state index in [2.05, 4.69) is 106 Å². The van der Waals surface area contributed by atoms with Crippen molar-refractivity contribution in [2.75, 3.05) is 18.0 Å². The van der Waals surface area contributed by atoms with E-state index in [1.54, 1.807) is 0 Å². The summed E-state index contributed by atoms with van der Waals surface area (Å²) in [4.78, 5) is 2.41. The standard InChI is InChI=1S/C25H31N2/c1-7-9-22-13-18(3)24(19(4)14-22)26-11-12-27(17-26)25-20(5)15-23(10-8-2)16-21(25)6/h7-10,13-17H,11-12H2,1-6H3/q+1. The maximum absolute atomic E-state index is 2.41. The smallest absolute Gasteiger partial charge is 0.229 e. The van der Waals surface area contributed by atoms with E-state index in [4.69, 9.17) is 0 Å². The molecule has 140 valence electrons. The van der Waals surface area contributed by atoms with Crippen LogP contribution in [0, 0.1) is 27.7 Å². The molecule has 0 aliphatic carbocycles. The van der Waals surface area contributed by atoms with Gasteiger partial charge in [-0.1, -0.05) is 24.3 Å². The van der Waals surface area contributed by atoms with Crippen molar-refractivity contribution in [2.24, 2.45) is 0 Å². The molecule has 0 N–H and O–H groups in total. The molecule has 0 bridgehead atoms. The van der Waals surface area contributed by atoms with Crippen molar-refractivity contribution in [3.8, 4) is 0 Å². The number of nitrogens with zero attached hydrogens (tertiary/aromatic N) is 2. The van der Waals surface area contributed by atoms with Crippen molar-refractivity contribution >= 4 is 29.9 Å². The number of benzene rings is 2. The quantitative estimate of drug-likeness (QED) is 0.591. The van der Waals surface area contributed by atoms with Gasteiger partial charge in [-0.05, 0) is 99.2 Å². The summed E-state index contributed by atoms with van der Waals surface area (Å²) in [5.41, 5.74) is 10.6. The summed E-state index contributed by atoms with van der Waals surface area (Å²) in [6, 6.07) is 9.12. The highest BCUT2D eigenvalue weighted by Crippen LogP contribution is 2.31. The Balaban J connectivity index is 1.99. The van der Waals surface area contributed by atoms with Crippen molar-refractivity contribution in [3.63, 3.8) is 0 Å². The SMILES string of the molecule is CC=Cc1cc(C)c(N2C=[N+](c3c(C)cc(C=CC)cc3C)CC2)c(C)c1. The fourth-order valence-corrected chi connectivity index (χ4v) is 4.30. The maximum Gasteiger partial charge on any atom is 0.244 e. The van der Waals surface area contributed by atoms with Gasteiger partial charge in [0, 0.05) is 0 Å². The van der Waals surface area contributed by atoms with Crippen LogP contribution < -0.4 is 4.90 Å². The van der Waals surface area contributed by atoms with Gasteiger partial charge in [-0.2, -0.15) is 0 Å². The summed E-state index contributed by atoms with van der Waals surface area (Å²) in [7, 11) is 0. The number of hydrogen-bond donors (Lipinski definition) is 0. The number of aryl methyl sites for hydroxylation is 4. The molecule has 0 fully saturated rings. The lowest BCUT2D eigenvalue weighted by molar-refractivity contribution is -0.425. The molecule has 2 aromatic carbocycles. The lowest BCUT2D eigenvalue weighted by Gasteiger charge is -2.14. The molecule has 1 heterocycles. The number of hydrogen-bond acceptors (Lipinski definition) is 1. The van der Waals surface area contributed by atoms with Gasteiger partial charge in [-0.3, -0.25) is 0 Å². The van der Waals surface area contributed by atoms with E-state index < -0.39 is 0 Å². The summed E-state index contributed by atoms with van der Waals surface area (Å²) in [5, 5.41) is 0. The molecule has 0 amide bonds. The average Bonchev–Trinajstić information content (AvgIpc) is 3.03. The topological polar surface area (TPSA) is 6.25 Å². The molecule has 3 rings (SSSR count). The van der Waals surface area contributed by atoms with Crippen molar-refractivity contribution in [1.29, 1.82) is 0 Å². The van der Waals surface area contributed by atoms with Crippen LogP contribution in [0.25, 0.3) is 12.2 Å². The van der Waals surface area contributed by atoms with Crippen molar-refractivity contribution in [2.45, 2.75) is 41.5 Å². The largest absolute Gasteiger partial charge is 0.244 e. The Morgan fingerprint density at radius 1 is 0.778 bits per heavy atom. The first-order valence-corrected chi connectivity index (χ1v) is 9.80. The number of allylic oxidation sites excluding steroid dienone is 2. The van der Waals surface area contributed by atoms with E-state index in [-0.39, 0.29) is 0 Å². The van der Waals surface area contributed by atoms with Crippen LogP contribution in [0.2, 0.25) is 0 Å². The van der Waals surface area contributed by atoms with Crippen molar-refractivity contribution in [3.05, 3.63) is 69.8 Å². The first kappa shape index (κ1) is 19.2. The monoisotopic (exact) mass is 359 g/mol. The zero-order valence-electron chi connectivity index (χ0n) is 17.5. The van der Waals surface area contributed by atoms with Gasteiger partial charge in [-0.15, -0.1) is 0 Å². The van der Waals surface area contributed by atoms with E-state index >= 15 is 0 Å². The third kappa shape index (κ3) is 3.90. The summed E-state index contributed by atoms with van der Waals surface area (Å²) in [6.07, 6.45) is 10.8. The van der Waals surface area contributed by atoms with Crippen LogP contribution in [0.5, 0.6) is 0 Å². The molecular formula is C25H31N2+. The summed E-state index contributed by atoms with van der Waals surface area (Å²) in [5.74, 6) is 0. The molecular weight excluding hydrogens is 328 g/mol. The van der Waals surface area contributed by atoms with Crippen LogP contribution in [0.4, 0.5) is 11.4 Å². The van der Waals surface area contributed by atoms with Gasteiger partial charge in [-0.25, -0.2) is 9.48 Å². The Hall–Kier alpha value is -2.61. The Kier molecular flexibility index (Phi) is 5.65. The highest BCUT2D eigenvalue weighted by Gasteiger charge is 2.27. The number of rotatable bonds is 4. The van der Waals surface area contributed by atoms with Gasteiger partial charge in [0.25, 0.3) is 0 Å². The van der Waals surface area contributed by atoms with Crippen LogP contribution in [0.15, 0.2) is 36.4 Å². The maximum atomic E-state index is 2.41. The molecule has 1 aliphatic rings. The summed E-state index contributed by atoms with van der Waals surface area (Å²) < 4.78 is 2.41. The van der Waals surface area contributed by atoms with Crippen LogP contribution in [0.1, 0.15) is 47.2 Å². The highest BCUT2D eigenvalue weighted by molar-refractivity contribution is 5.82. The second-order valence-electron chi connectivity index (χ2n) is 7.51. The third-order valence-corrected chi connectivity index (χ3v) is 5.18. The van der Waals surface area contributed by atoms with Crippen molar-refractivity contribution < 1.29 is 4.58 Å². The molecule has 0 atom stereocenters. The minimum absolute atomic E-state index is 1.01. The second kappa shape index (κ2) is 7.96. The Morgan fingerprint density at radius 2 is 1.26 bits per heavy atom. The van der Waals surface area contributed by atoms with Gasteiger partial charge in [0.2, 0.25) is 6.34 Å². The summed E-state index contributed by atoms with van der Waals surface area (Å²) in [6.45, 7) is 15.0. The average molecular weight is 360 g/mol. The molecule has 0 spiro atoms. The van der Waals surface area contributed by atoms with Gasteiger partial charge < -0.3 is 0 Å². The van der Waals surface area contributed by atoms with E-state index in [1.807, 2.05) is 0 Å². The molecule has 0 aromatic heterocycles. The van der Waals surface area contributed by atoms with E-state index in [0.29, 0.717) is 0 Å². The van der Waals surface area contributed by atoms with E-state index in [9.17, 15) is 0 Å².